The van der Waals surface area contributed by atoms with E-state index >= 15 is 0 Å². The average Bonchev–Trinajstić information content (AvgIpc) is 3.47. The van der Waals surface area contributed by atoms with Crippen LogP contribution >= 0.6 is 0 Å². The second-order valence-corrected chi connectivity index (χ2v) is 22.0. The van der Waals surface area contributed by atoms with Crippen molar-refractivity contribution in [1.82, 2.24) is 0 Å². The van der Waals surface area contributed by atoms with Crippen LogP contribution in [0.1, 0.15) is 303 Å². The third-order valence-electron chi connectivity index (χ3n) is 14.1. The van der Waals surface area contributed by atoms with E-state index in [1.54, 1.807) is 0 Å². The normalized spacial score (nSPS) is 13.0. The highest BCUT2D eigenvalue weighted by Gasteiger charge is 2.19. The number of esters is 3. The lowest BCUT2D eigenvalue weighted by Gasteiger charge is -2.18. The van der Waals surface area contributed by atoms with Crippen LogP contribution in [-0.4, -0.2) is 37.2 Å². The van der Waals surface area contributed by atoms with E-state index < -0.39 is 6.10 Å². The topological polar surface area (TPSA) is 78.9 Å². The summed E-state index contributed by atoms with van der Waals surface area (Å²) in [6, 6.07) is 0. The number of carbonyl (C=O) groups is 3. The third-order valence-corrected chi connectivity index (χ3v) is 14.1. The van der Waals surface area contributed by atoms with Gasteiger partial charge in [0.05, 0.1) is 0 Å². The van der Waals surface area contributed by atoms with Crippen LogP contribution in [0.3, 0.4) is 0 Å². The third kappa shape index (κ3) is 66.2. The first-order valence-electron chi connectivity index (χ1n) is 33.7. The Morgan fingerprint density at radius 3 is 0.815 bits per heavy atom. The van der Waals surface area contributed by atoms with E-state index in [-0.39, 0.29) is 37.5 Å². The molecule has 1 atom stereocenters. The summed E-state index contributed by atoms with van der Waals surface area (Å²) < 4.78 is 16.9. The van der Waals surface area contributed by atoms with E-state index in [2.05, 4.69) is 154 Å². The standard InChI is InChI=1S/C75H124O6/c1-4-7-10-13-16-19-22-25-28-31-33-34-35-36-37-38-39-40-41-42-43-45-47-50-53-56-59-62-65-68-74(77)80-71-72(70-79-73(76)67-64-61-58-55-52-49-46-30-27-24-21-18-15-12-9-6-3)81-75(78)69-66-63-60-57-54-51-48-44-32-29-26-23-20-17-14-11-8-5-2/h7,10,16,19,25,28-30,32-34,36-37,39-40,42-43,46-47,50,56,59,72H,4-6,8-9,11-15,17-18,20-24,26-27,31,35,38,41,44-45,48-49,51-55,57-58,60-71H2,1-3H3/b10-7-,19-16-,28-25-,32-29-,34-33-,37-36-,40-39-,43-42-,46-30-,50-47-,59-56-. The van der Waals surface area contributed by atoms with Gasteiger partial charge in [-0.15, -0.1) is 0 Å². The molecule has 460 valence electrons. The first-order chi connectivity index (χ1) is 40.0. The minimum Gasteiger partial charge on any atom is -0.462 e. The fourth-order valence-corrected chi connectivity index (χ4v) is 9.08. The molecule has 0 aliphatic rings. The van der Waals surface area contributed by atoms with Crippen molar-refractivity contribution in [3.8, 4) is 0 Å². The van der Waals surface area contributed by atoms with E-state index in [0.29, 0.717) is 19.3 Å². The molecule has 6 heteroatoms. The van der Waals surface area contributed by atoms with Gasteiger partial charge in [0, 0.05) is 19.3 Å². The molecule has 0 bridgehead atoms. The van der Waals surface area contributed by atoms with E-state index in [1.807, 2.05) is 0 Å². The van der Waals surface area contributed by atoms with Gasteiger partial charge in [-0.25, -0.2) is 0 Å². The Morgan fingerprint density at radius 2 is 0.494 bits per heavy atom. The van der Waals surface area contributed by atoms with Crippen LogP contribution in [0.15, 0.2) is 134 Å². The molecule has 0 saturated carbocycles. The number of hydrogen-bond acceptors (Lipinski definition) is 6. The molecule has 0 rings (SSSR count). The zero-order valence-electron chi connectivity index (χ0n) is 52.8. The predicted octanol–water partition coefficient (Wildman–Crippen LogP) is 23.3. The molecular formula is C75H124O6. The van der Waals surface area contributed by atoms with E-state index in [0.717, 1.165) is 116 Å². The molecule has 0 aromatic heterocycles. The average molecular weight is 1120 g/mol. The van der Waals surface area contributed by atoms with Gasteiger partial charge in [0.2, 0.25) is 0 Å². The second kappa shape index (κ2) is 68.1. The molecule has 1 unspecified atom stereocenters. The quantitative estimate of drug-likeness (QED) is 0.0261. The van der Waals surface area contributed by atoms with Crippen LogP contribution in [0.2, 0.25) is 0 Å². The van der Waals surface area contributed by atoms with Gasteiger partial charge in [0.1, 0.15) is 13.2 Å². The molecule has 6 nitrogen and oxygen atoms in total. The van der Waals surface area contributed by atoms with Gasteiger partial charge < -0.3 is 14.2 Å². The molecule has 0 aromatic carbocycles. The van der Waals surface area contributed by atoms with Crippen LogP contribution in [0.4, 0.5) is 0 Å². The molecular weight excluding hydrogens is 997 g/mol. The lowest BCUT2D eigenvalue weighted by molar-refractivity contribution is -0.167. The van der Waals surface area contributed by atoms with Crippen molar-refractivity contribution < 1.29 is 28.6 Å². The number of hydrogen-bond donors (Lipinski definition) is 0. The molecule has 81 heavy (non-hydrogen) atoms. The fraction of sp³-hybridized carbons (Fsp3) is 0.667. The molecule has 0 fully saturated rings. The van der Waals surface area contributed by atoms with E-state index in [4.69, 9.17) is 14.2 Å². The molecule has 0 aromatic rings. The Kier molecular flexibility index (Phi) is 64.3. The molecule has 0 heterocycles. The van der Waals surface area contributed by atoms with E-state index in [1.165, 1.54) is 141 Å². The van der Waals surface area contributed by atoms with Crippen LogP contribution in [0.5, 0.6) is 0 Å². The highest BCUT2D eigenvalue weighted by molar-refractivity contribution is 5.71. The molecule has 0 amide bonds. The SMILES string of the molecule is CC/C=C\C/C=C\C/C=C\C/C=C\C/C=C\C/C=C\C/C=C\C/C=C\C/C=C\CCCC(=O)OCC(COC(=O)CCCCCCC/C=C\CCCCCCCCC)OC(=O)CCCCCCCCC/C=C\CCCCCCCCC. The number of allylic oxidation sites excluding steroid dienone is 22. The number of unbranched alkanes of at least 4 members (excludes halogenated alkanes) is 27. The molecule has 0 spiro atoms. The lowest BCUT2D eigenvalue weighted by Crippen LogP contribution is -2.30. The predicted molar refractivity (Wildman–Crippen MR) is 353 cm³/mol. The number of ether oxygens (including phenoxy) is 3. The maximum atomic E-state index is 12.9. The van der Waals surface area contributed by atoms with Gasteiger partial charge in [0.25, 0.3) is 0 Å². The maximum absolute atomic E-state index is 12.9. The smallest absolute Gasteiger partial charge is 0.306 e. The van der Waals surface area contributed by atoms with Gasteiger partial charge in [-0.2, -0.15) is 0 Å². The minimum absolute atomic E-state index is 0.104. The van der Waals surface area contributed by atoms with Crippen molar-refractivity contribution in [2.24, 2.45) is 0 Å². The molecule has 0 radical (unpaired) electrons. The molecule has 0 aliphatic heterocycles. The monoisotopic (exact) mass is 1120 g/mol. The summed E-state index contributed by atoms with van der Waals surface area (Å²) in [5.74, 6) is -0.973. The van der Waals surface area contributed by atoms with Gasteiger partial charge >= 0.3 is 17.9 Å². The van der Waals surface area contributed by atoms with Crippen LogP contribution < -0.4 is 0 Å². The van der Waals surface area contributed by atoms with Crippen molar-refractivity contribution in [2.75, 3.05) is 13.2 Å². The van der Waals surface area contributed by atoms with Crippen molar-refractivity contribution in [3.05, 3.63) is 134 Å². The zero-order chi connectivity index (χ0) is 58.5. The summed E-state index contributed by atoms with van der Waals surface area (Å²) in [7, 11) is 0. The molecule has 0 saturated heterocycles. The van der Waals surface area contributed by atoms with Gasteiger partial charge in [0.15, 0.2) is 6.10 Å². The molecule has 0 N–H and O–H groups in total. The molecule has 0 aliphatic carbocycles. The summed E-state index contributed by atoms with van der Waals surface area (Å²) >= 11 is 0. The zero-order valence-corrected chi connectivity index (χ0v) is 52.8. The van der Waals surface area contributed by atoms with Crippen molar-refractivity contribution >= 4 is 17.9 Å². The summed E-state index contributed by atoms with van der Waals surface area (Å²) in [6.45, 7) is 6.48. The highest BCUT2D eigenvalue weighted by Crippen LogP contribution is 2.15. The first-order valence-corrected chi connectivity index (χ1v) is 33.7. The number of carbonyl (C=O) groups excluding carboxylic acids is 3. The van der Waals surface area contributed by atoms with Crippen LogP contribution in [-0.2, 0) is 28.6 Å². The number of rotatable bonds is 60. The van der Waals surface area contributed by atoms with Gasteiger partial charge in [-0.05, 0) is 135 Å². The van der Waals surface area contributed by atoms with Crippen LogP contribution in [0.25, 0.3) is 0 Å². The van der Waals surface area contributed by atoms with Gasteiger partial charge in [-0.3, -0.25) is 14.4 Å². The fourth-order valence-electron chi connectivity index (χ4n) is 9.08. The largest absolute Gasteiger partial charge is 0.462 e. The highest BCUT2D eigenvalue weighted by atomic mass is 16.6. The minimum atomic E-state index is -0.813. The van der Waals surface area contributed by atoms with Crippen molar-refractivity contribution in [1.29, 1.82) is 0 Å². The Hall–Kier alpha value is -4.45. The second-order valence-electron chi connectivity index (χ2n) is 22.0. The maximum Gasteiger partial charge on any atom is 0.306 e. The van der Waals surface area contributed by atoms with Crippen molar-refractivity contribution in [2.45, 2.75) is 309 Å². The van der Waals surface area contributed by atoms with Crippen LogP contribution in [0, 0.1) is 0 Å². The summed E-state index contributed by atoms with van der Waals surface area (Å²) in [5.41, 5.74) is 0. The Morgan fingerprint density at radius 1 is 0.259 bits per heavy atom. The Labute approximate surface area is 500 Å². The van der Waals surface area contributed by atoms with Gasteiger partial charge in [-0.1, -0.05) is 283 Å². The summed E-state index contributed by atoms with van der Waals surface area (Å²) in [4.78, 5) is 38.4. The first kappa shape index (κ1) is 76.5. The van der Waals surface area contributed by atoms with E-state index in [9.17, 15) is 14.4 Å². The Balaban J connectivity index is 4.48. The van der Waals surface area contributed by atoms with Crippen molar-refractivity contribution in [3.63, 3.8) is 0 Å². The Bertz CT molecular complexity index is 1720. The summed E-state index contributed by atoms with van der Waals surface area (Å²) in [5, 5.41) is 0. The summed E-state index contributed by atoms with van der Waals surface area (Å²) in [6.07, 6.45) is 96.1. The lowest BCUT2D eigenvalue weighted by atomic mass is 10.1.